The molecule has 1 N–H and O–H groups in total. The van der Waals surface area contributed by atoms with Crippen molar-refractivity contribution in [2.75, 3.05) is 26.3 Å². The standard InChI is InChI=1S/C22H24N4O4S/c1-17-5-7-18(8-6-17)16-25-9-3-2-4-21(25)24-22(27)20-14-19(15-23-20)31(28,29)26-10-12-30-13-11-26/h2-9,14-15,23H,10-13,16H2,1H3. The van der Waals surface area contributed by atoms with Crippen LogP contribution >= 0.6 is 0 Å². The van der Waals surface area contributed by atoms with Crippen LogP contribution in [0, 0.1) is 6.92 Å². The molecule has 1 aliphatic rings. The van der Waals surface area contributed by atoms with E-state index in [2.05, 4.69) is 9.98 Å². The molecule has 3 heterocycles. The SMILES string of the molecule is Cc1ccc(Cn2ccccc2=NC(=O)c2cc(S(=O)(=O)N3CCOCC3)c[nH]2)cc1. The number of amides is 1. The monoisotopic (exact) mass is 440 g/mol. The Kier molecular flexibility index (Phi) is 6.17. The Morgan fingerprint density at radius 2 is 1.87 bits per heavy atom. The predicted molar refractivity (Wildman–Crippen MR) is 115 cm³/mol. The lowest BCUT2D eigenvalue weighted by Gasteiger charge is -2.25. The average Bonchev–Trinajstić information content (AvgIpc) is 3.29. The van der Waals surface area contributed by atoms with Crippen molar-refractivity contribution in [1.82, 2.24) is 13.9 Å². The van der Waals surface area contributed by atoms with Gasteiger partial charge >= 0.3 is 0 Å². The number of H-pyrrole nitrogens is 1. The predicted octanol–water partition coefficient (Wildman–Crippen LogP) is 1.93. The van der Waals surface area contributed by atoms with Crippen LogP contribution in [-0.4, -0.2) is 54.5 Å². The number of morpholine rings is 1. The van der Waals surface area contributed by atoms with Crippen molar-refractivity contribution < 1.29 is 17.9 Å². The largest absolute Gasteiger partial charge is 0.379 e. The summed E-state index contributed by atoms with van der Waals surface area (Å²) < 4.78 is 34.0. The van der Waals surface area contributed by atoms with E-state index < -0.39 is 15.9 Å². The minimum Gasteiger partial charge on any atom is -0.379 e. The fraction of sp³-hybridized carbons (Fsp3) is 0.273. The molecule has 1 aromatic carbocycles. The molecule has 9 heteroatoms. The lowest BCUT2D eigenvalue weighted by molar-refractivity contribution is 0.0730. The lowest BCUT2D eigenvalue weighted by Crippen LogP contribution is -2.40. The van der Waals surface area contributed by atoms with E-state index in [1.54, 1.807) is 12.1 Å². The summed E-state index contributed by atoms with van der Waals surface area (Å²) in [7, 11) is -3.68. The van der Waals surface area contributed by atoms with Gasteiger partial charge in [-0.2, -0.15) is 9.30 Å². The van der Waals surface area contributed by atoms with E-state index in [0.717, 1.165) is 5.56 Å². The van der Waals surface area contributed by atoms with Crippen LogP contribution in [0.15, 0.2) is 70.8 Å². The van der Waals surface area contributed by atoms with Crippen LogP contribution in [0.2, 0.25) is 0 Å². The molecular formula is C22H24N4O4S. The third kappa shape index (κ3) is 4.84. The first-order valence-electron chi connectivity index (χ1n) is 10.00. The van der Waals surface area contributed by atoms with Gasteiger partial charge in [0.15, 0.2) is 0 Å². The van der Waals surface area contributed by atoms with E-state index in [4.69, 9.17) is 4.74 Å². The highest BCUT2D eigenvalue weighted by Gasteiger charge is 2.27. The number of aryl methyl sites for hydroxylation is 1. The Balaban J connectivity index is 1.58. The minimum absolute atomic E-state index is 0.0496. The first-order valence-corrected chi connectivity index (χ1v) is 11.4. The van der Waals surface area contributed by atoms with E-state index in [9.17, 15) is 13.2 Å². The topological polar surface area (TPSA) is 96.8 Å². The maximum Gasteiger partial charge on any atom is 0.295 e. The van der Waals surface area contributed by atoms with Crippen molar-refractivity contribution >= 4 is 15.9 Å². The molecule has 0 spiro atoms. The molecule has 0 radical (unpaired) electrons. The summed E-state index contributed by atoms with van der Waals surface area (Å²) in [5, 5.41) is 0. The second kappa shape index (κ2) is 9.01. The number of rotatable bonds is 5. The number of carbonyl (C=O) groups excluding carboxylic acids is 1. The Bertz CT molecular complexity index is 1240. The van der Waals surface area contributed by atoms with Gasteiger partial charge in [-0.25, -0.2) is 8.42 Å². The van der Waals surface area contributed by atoms with Crippen LogP contribution in [0.25, 0.3) is 0 Å². The quantitative estimate of drug-likeness (QED) is 0.656. The number of aromatic nitrogens is 2. The number of hydrogen-bond donors (Lipinski definition) is 1. The minimum atomic E-state index is -3.68. The zero-order chi connectivity index (χ0) is 21.8. The van der Waals surface area contributed by atoms with Crippen molar-refractivity contribution in [2.24, 2.45) is 4.99 Å². The van der Waals surface area contributed by atoms with Crippen LogP contribution in [0.5, 0.6) is 0 Å². The van der Waals surface area contributed by atoms with Crippen molar-refractivity contribution in [3.63, 3.8) is 0 Å². The van der Waals surface area contributed by atoms with Gasteiger partial charge in [0.2, 0.25) is 10.0 Å². The number of hydrogen-bond acceptors (Lipinski definition) is 4. The Labute approximate surface area is 180 Å². The zero-order valence-corrected chi connectivity index (χ0v) is 18.0. The molecule has 0 unspecified atom stereocenters. The van der Waals surface area contributed by atoms with Crippen molar-refractivity contribution in [3.05, 3.63) is 83.2 Å². The van der Waals surface area contributed by atoms with Gasteiger partial charge in [0.1, 0.15) is 16.1 Å². The van der Waals surface area contributed by atoms with E-state index in [0.29, 0.717) is 38.3 Å². The first kappa shape index (κ1) is 21.2. The van der Waals surface area contributed by atoms with Crippen LogP contribution in [-0.2, 0) is 21.3 Å². The van der Waals surface area contributed by atoms with Gasteiger partial charge in [-0.05, 0) is 30.7 Å². The van der Waals surface area contributed by atoms with Crippen molar-refractivity contribution in [1.29, 1.82) is 0 Å². The second-order valence-corrected chi connectivity index (χ2v) is 9.29. The third-order valence-electron chi connectivity index (χ3n) is 5.10. The maximum absolute atomic E-state index is 12.8. The summed E-state index contributed by atoms with van der Waals surface area (Å²) in [5.41, 5.74) is 2.87. The van der Waals surface area contributed by atoms with E-state index in [-0.39, 0.29) is 10.6 Å². The van der Waals surface area contributed by atoms with Crippen molar-refractivity contribution in [2.45, 2.75) is 18.4 Å². The number of aromatic amines is 1. The molecule has 1 amide bonds. The normalized spacial score (nSPS) is 15.8. The molecule has 31 heavy (non-hydrogen) atoms. The van der Waals surface area contributed by atoms with Gasteiger partial charge in [0, 0.05) is 32.0 Å². The van der Waals surface area contributed by atoms with Gasteiger partial charge in [0.05, 0.1) is 13.2 Å². The molecule has 8 nitrogen and oxygen atoms in total. The number of sulfonamides is 1. The molecular weight excluding hydrogens is 416 g/mol. The number of nitrogens with one attached hydrogen (secondary N) is 1. The molecule has 0 bridgehead atoms. The fourth-order valence-corrected chi connectivity index (χ4v) is 4.74. The lowest BCUT2D eigenvalue weighted by atomic mass is 10.1. The van der Waals surface area contributed by atoms with Gasteiger partial charge in [-0.1, -0.05) is 35.9 Å². The Morgan fingerprint density at radius 3 is 2.61 bits per heavy atom. The highest BCUT2D eigenvalue weighted by molar-refractivity contribution is 7.89. The molecule has 162 valence electrons. The third-order valence-corrected chi connectivity index (χ3v) is 6.98. The highest BCUT2D eigenvalue weighted by Crippen LogP contribution is 2.18. The molecule has 1 fully saturated rings. The number of nitrogens with zero attached hydrogens (tertiary/aromatic N) is 3. The maximum atomic E-state index is 12.8. The Morgan fingerprint density at radius 1 is 1.13 bits per heavy atom. The zero-order valence-electron chi connectivity index (χ0n) is 17.2. The molecule has 2 aromatic heterocycles. The van der Waals surface area contributed by atoms with E-state index in [1.165, 1.54) is 22.1 Å². The summed E-state index contributed by atoms with van der Waals surface area (Å²) >= 11 is 0. The molecule has 0 saturated carbocycles. The Hall–Kier alpha value is -3.01. The van der Waals surface area contributed by atoms with Gasteiger partial charge in [-0.15, -0.1) is 0 Å². The van der Waals surface area contributed by atoms with Crippen molar-refractivity contribution in [3.8, 4) is 0 Å². The molecule has 3 aromatic rings. The number of benzene rings is 1. The number of pyridine rings is 1. The van der Waals surface area contributed by atoms with Crippen LogP contribution in [0.4, 0.5) is 0 Å². The van der Waals surface area contributed by atoms with Gasteiger partial charge in [0.25, 0.3) is 5.91 Å². The fourth-order valence-electron chi connectivity index (χ4n) is 3.34. The molecule has 0 atom stereocenters. The smallest absolute Gasteiger partial charge is 0.295 e. The summed E-state index contributed by atoms with van der Waals surface area (Å²) in [5.74, 6) is -0.535. The van der Waals surface area contributed by atoms with E-state index >= 15 is 0 Å². The van der Waals surface area contributed by atoms with Crippen LogP contribution in [0.1, 0.15) is 21.6 Å². The summed E-state index contributed by atoms with van der Waals surface area (Å²) in [4.78, 5) is 19.8. The molecule has 0 aliphatic carbocycles. The van der Waals surface area contributed by atoms with Gasteiger partial charge in [-0.3, -0.25) is 4.79 Å². The summed E-state index contributed by atoms with van der Waals surface area (Å²) in [6.07, 6.45) is 3.19. The van der Waals surface area contributed by atoms with Crippen LogP contribution in [0.3, 0.4) is 0 Å². The second-order valence-electron chi connectivity index (χ2n) is 7.35. The summed E-state index contributed by atoms with van der Waals surface area (Å²) in [6.45, 7) is 3.91. The summed E-state index contributed by atoms with van der Waals surface area (Å²) in [6, 6.07) is 14.9. The number of ether oxygens (including phenoxy) is 1. The average molecular weight is 441 g/mol. The van der Waals surface area contributed by atoms with Gasteiger partial charge < -0.3 is 14.3 Å². The molecule has 1 saturated heterocycles. The molecule has 1 aliphatic heterocycles. The number of carbonyl (C=O) groups is 1. The molecule has 4 rings (SSSR count). The highest BCUT2D eigenvalue weighted by atomic mass is 32.2. The van der Waals surface area contributed by atoms with E-state index in [1.807, 2.05) is 48.0 Å². The first-order chi connectivity index (χ1) is 14.9. The van der Waals surface area contributed by atoms with Crippen LogP contribution < -0.4 is 5.49 Å².